The van der Waals surface area contributed by atoms with E-state index in [1.54, 1.807) is 5.57 Å². The molecular formula is C43H70O13. The van der Waals surface area contributed by atoms with E-state index < -0.39 is 85.5 Å². The largest absolute Gasteiger partial charge is 0.467 e. The Labute approximate surface area is 332 Å². The van der Waals surface area contributed by atoms with E-state index >= 15 is 0 Å². The number of rotatable bonds is 6. The summed E-state index contributed by atoms with van der Waals surface area (Å²) in [6.07, 6.45) is -5.73. The van der Waals surface area contributed by atoms with E-state index in [4.69, 9.17) is 23.7 Å². The third-order valence-electron chi connectivity index (χ3n) is 17.5. The summed E-state index contributed by atoms with van der Waals surface area (Å²) < 4.78 is 29.3. The van der Waals surface area contributed by atoms with E-state index in [2.05, 4.69) is 61.5 Å². The van der Waals surface area contributed by atoms with Gasteiger partial charge in [0.05, 0.1) is 25.9 Å². The normalized spacial score (nSPS) is 53.7. The molecule has 4 saturated carbocycles. The molecule has 0 amide bonds. The zero-order chi connectivity index (χ0) is 41.1. The molecule has 13 heteroatoms. The molecule has 19 atom stereocenters. The van der Waals surface area contributed by atoms with Crippen LogP contribution in [-0.2, 0) is 28.5 Å². The molecule has 0 aromatic rings. The summed E-state index contributed by atoms with van der Waals surface area (Å²) in [4.78, 5) is 12.8. The fourth-order valence-corrected chi connectivity index (χ4v) is 13.8. The Bertz CT molecular complexity index is 1520. The van der Waals surface area contributed by atoms with Crippen molar-refractivity contribution in [3.05, 3.63) is 11.6 Å². The summed E-state index contributed by atoms with van der Waals surface area (Å²) >= 11 is 0. The summed E-state index contributed by atoms with van der Waals surface area (Å²) in [7, 11) is 1.15. The summed E-state index contributed by atoms with van der Waals surface area (Å²) in [5.41, 5.74) is 1.19. The zero-order valence-corrected chi connectivity index (χ0v) is 34.9. The van der Waals surface area contributed by atoms with E-state index in [9.17, 15) is 40.5 Å². The second-order valence-corrected chi connectivity index (χ2v) is 21.2. The highest BCUT2D eigenvalue weighted by atomic mass is 16.8. The summed E-state index contributed by atoms with van der Waals surface area (Å²) in [5, 5.41) is 75.3. The van der Waals surface area contributed by atoms with Gasteiger partial charge in [-0.25, -0.2) is 4.79 Å². The maximum Gasteiger partial charge on any atom is 0.337 e. The number of carbonyl (C=O) groups excluding carboxylic acids is 1. The van der Waals surface area contributed by atoms with Gasteiger partial charge in [0.25, 0.3) is 0 Å². The van der Waals surface area contributed by atoms with E-state index in [1.165, 1.54) is 0 Å². The Morgan fingerprint density at radius 2 is 1.45 bits per heavy atom. The molecule has 0 radical (unpaired) electrons. The number of allylic oxidation sites excluding steroid dienone is 2. The van der Waals surface area contributed by atoms with Crippen LogP contribution in [0.3, 0.4) is 0 Å². The Kier molecular flexibility index (Phi) is 11.1. The van der Waals surface area contributed by atoms with Crippen LogP contribution in [0.15, 0.2) is 11.6 Å². The molecule has 6 fully saturated rings. The lowest BCUT2D eigenvalue weighted by Crippen LogP contribution is -2.67. The first-order valence-corrected chi connectivity index (χ1v) is 21.1. The van der Waals surface area contributed by atoms with Gasteiger partial charge in [-0.05, 0) is 103 Å². The number of esters is 1. The van der Waals surface area contributed by atoms with E-state index in [-0.39, 0.29) is 39.1 Å². The minimum atomic E-state index is -1.79. The van der Waals surface area contributed by atoms with Crippen molar-refractivity contribution in [1.29, 1.82) is 0 Å². The quantitative estimate of drug-likeness (QED) is 0.118. The van der Waals surface area contributed by atoms with Crippen LogP contribution in [0.25, 0.3) is 0 Å². The molecule has 2 heterocycles. The van der Waals surface area contributed by atoms with Gasteiger partial charge in [0.1, 0.15) is 42.7 Å². The molecular weight excluding hydrogens is 724 g/mol. The molecule has 7 aliphatic rings. The Morgan fingerprint density at radius 1 is 0.750 bits per heavy atom. The summed E-state index contributed by atoms with van der Waals surface area (Å²) in [6, 6.07) is 0. The second kappa shape index (κ2) is 14.5. The lowest BCUT2D eigenvalue weighted by atomic mass is 9.33. The Morgan fingerprint density at radius 3 is 2.11 bits per heavy atom. The third kappa shape index (κ3) is 6.31. The molecule has 56 heavy (non-hydrogen) atoms. The second-order valence-electron chi connectivity index (χ2n) is 21.2. The lowest BCUT2D eigenvalue weighted by Gasteiger charge is -2.71. The molecule has 2 aliphatic heterocycles. The molecule has 19 unspecified atom stereocenters. The third-order valence-corrected chi connectivity index (χ3v) is 17.5. The van der Waals surface area contributed by atoms with Crippen LogP contribution >= 0.6 is 0 Å². The Hall–Kier alpha value is -1.23. The van der Waals surface area contributed by atoms with Crippen molar-refractivity contribution >= 4 is 5.97 Å². The van der Waals surface area contributed by atoms with Gasteiger partial charge < -0.3 is 59.4 Å². The van der Waals surface area contributed by atoms with Crippen LogP contribution in [0.5, 0.6) is 0 Å². The zero-order valence-electron chi connectivity index (χ0n) is 34.9. The molecule has 0 bridgehead atoms. The molecule has 0 aromatic carbocycles. The maximum atomic E-state index is 12.8. The van der Waals surface area contributed by atoms with Crippen molar-refractivity contribution in [2.45, 2.75) is 187 Å². The monoisotopic (exact) mass is 794 g/mol. The number of aliphatic hydroxyl groups excluding tert-OH is 7. The molecule has 13 nitrogen and oxygen atoms in total. The number of hydrogen-bond donors (Lipinski definition) is 7. The molecule has 0 aromatic heterocycles. The highest BCUT2D eigenvalue weighted by Gasteiger charge is 2.69. The molecule has 7 N–H and O–H groups in total. The van der Waals surface area contributed by atoms with Gasteiger partial charge in [0.2, 0.25) is 0 Å². The fourth-order valence-electron chi connectivity index (χ4n) is 13.8. The summed E-state index contributed by atoms with van der Waals surface area (Å²) in [5.74, 6) is 0.115. The van der Waals surface area contributed by atoms with Crippen molar-refractivity contribution in [2.24, 2.45) is 50.2 Å². The van der Waals surface area contributed by atoms with E-state index in [0.29, 0.717) is 18.3 Å². The fraction of sp³-hybridized carbons (Fsp3) is 0.930. The van der Waals surface area contributed by atoms with Gasteiger partial charge in [0, 0.05) is 5.41 Å². The van der Waals surface area contributed by atoms with Gasteiger partial charge in [0.15, 0.2) is 18.7 Å². The number of aliphatic hydroxyl groups is 7. The topological polar surface area (TPSA) is 205 Å². The lowest BCUT2D eigenvalue weighted by molar-refractivity contribution is -0.374. The number of hydrogen-bond acceptors (Lipinski definition) is 13. The average Bonchev–Trinajstić information content (AvgIpc) is 3.13. The van der Waals surface area contributed by atoms with Gasteiger partial charge >= 0.3 is 5.97 Å². The van der Waals surface area contributed by atoms with Crippen LogP contribution < -0.4 is 0 Å². The van der Waals surface area contributed by atoms with Crippen molar-refractivity contribution in [3.8, 4) is 0 Å². The number of fused-ring (bicyclic) bond motifs is 7. The molecule has 0 spiro atoms. The van der Waals surface area contributed by atoms with Crippen molar-refractivity contribution < 1.29 is 64.2 Å². The van der Waals surface area contributed by atoms with Crippen LogP contribution in [-0.4, -0.2) is 129 Å². The minimum Gasteiger partial charge on any atom is -0.467 e. The van der Waals surface area contributed by atoms with Gasteiger partial charge in [-0.15, -0.1) is 0 Å². The first-order chi connectivity index (χ1) is 26.0. The first kappa shape index (κ1) is 42.9. The average molecular weight is 795 g/mol. The molecule has 320 valence electrons. The van der Waals surface area contributed by atoms with Crippen LogP contribution in [0.4, 0.5) is 0 Å². The van der Waals surface area contributed by atoms with E-state index in [0.717, 1.165) is 58.5 Å². The van der Waals surface area contributed by atoms with Gasteiger partial charge in [-0.3, -0.25) is 0 Å². The first-order valence-electron chi connectivity index (χ1n) is 21.1. The predicted molar refractivity (Wildman–Crippen MR) is 202 cm³/mol. The predicted octanol–water partition coefficient (Wildman–Crippen LogP) is 2.97. The molecule has 5 aliphatic carbocycles. The molecule has 7 rings (SSSR count). The minimum absolute atomic E-state index is 0.0173. The van der Waals surface area contributed by atoms with Gasteiger partial charge in [-0.2, -0.15) is 0 Å². The smallest absolute Gasteiger partial charge is 0.337 e. The van der Waals surface area contributed by atoms with Crippen molar-refractivity contribution in [1.82, 2.24) is 0 Å². The molecule has 2 saturated heterocycles. The number of ether oxygens (including phenoxy) is 5. The van der Waals surface area contributed by atoms with Crippen LogP contribution in [0, 0.1) is 50.2 Å². The highest BCUT2D eigenvalue weighted by Crippen LogP contribution is 2.76. The van der Waals surface area contributed by atoms with Gasteiger partial charge in [-0.1, -0.05) is 67.0 Å². The van der Waals surface area contributed by atoms with Crippen molar-refractivity contribution in [3.63, 3.8) is 0 Å². The number of methoxy groups -OCH3 is 1. The van der Waals surface area contributed by atoms with Crippen molar-refractivity contribution in [2.75, 3.05) is 13.7 Å². The van der Waals surface area contributed by atoms with Crippen LogP contribution in [0.2, 0.25) is 0 Å². The highest BCUT2D eigenvalue weighted by molar-refractivity contribution is 5.75. The maximum absolute atomic E-state index is 12.8. The Balaban J connectivity index is 1.16. The van der Waals surface area contributed by atoms with Crippen LogP contribution in [0.1, 0.15) is 113 Å². The summed E-state index contributed by atoms with van der Waals surface area (Å²) in [6.45, 7) is 18.2. The SMILES string of the molecule is COC(=O)C1OC(OC2CCC3(C)C(CCC4(C)C3CC=C3C5CC(C)(C)CC(O)C5(C)CCC34C)C2(C)C)C(OC2OC(CO)C(O)C(O)C2O)C(O)C1O. The standard InChI is InChI=1S/C43H70O13/c1-38(2)18-22-21-10-11-25-41(6)14-13-27(39(3,4)24(41)12-15-43(25,8)42(21,7)17-16-40(22,5)26(45)19-38)54-37-34(31(49)30(48)33(55-37)35(51)52-9)56-36-32(50)29(47)28(46)23(20-44)53-36/h10,22-34,36-37,44-50H,11-20H2,1-9H3. The van der Waals surface area contributed by atoms with E-state index in [1.807, 2.05) is 0 Å². The number of carbonyl (C=O) groups is 1.